The van der Waals surface area contributed by atoms with Crippen molar-refractivity contribution in [3.8, 4) is 5.75 Å². The molecule has 0 saturated heterocycles. The second-order valence-electron chi connectivity index (χ2n) is 5.44. The van der Waals surface area contributed by atoms with Gasteiger partial charge in [-0.05, 0) is 49.7 Å². The molecular formula is C19H22N2O3. The highest BCUT2D eigenvalue weighted by Gasteiger charge is 2.11. The van der Waals surface area contributed by atoms with Crippen molar-refractivity contribution in [2.24, 2.45) is 0 Å². The Morgan fingerprint density at radius 1 is 1.04 bits per heavy atom. The maximum absolute atomic E-state index is 12.1. The fraction of sp³-hybridized carbons (Fsp3) is 0.263. The first-order valence-electron chi connectivity index (χ1n) is 8.00. The second kappa shape index (κ2) is 8.15. The lowest BCUT2D eigenvalue weighted by atomic mass is 10.1. The van der Waals surface area contributed by atoms with E-state index in [1.54, 1.807) is 29.2 Å². The van der Waals surface area contributed by atoms with Gasteiger partial charge in [-0.3, -0.25) is 9.59 Å². The molecular weight excluding hydrogens is 304 g/mol. The van der Waals surface area contributed by atoms with Crippen LogP contribution >= 0.6 is 0 Å². The summed E-state index contributed by atoms with van der Waals surface area (Å²) in [7, 11) is 0. The van der Waals surface area contributed by atoms with Crippen molar-refractivity contribution in [2.45, 2.75) is 20.3 Å². The molecule has 0 atom stereocenters. The van der Waals surface area contributed by atoms with Crippen LogP contribution in [0.15, 0.2) is 48.5 Å². The number of carbonyl (C=O) groups excluding carboxylic acids is 2. The molecule has 0 radical (unpaired) electrons. The van der Waals surface area contributed by atoms with Crippen molar-refractivity contribution in [3.05, 3.63) is 59.7 Å². The molecule has 0 aliphatic rings. The van der Waals surface area contributed by atoms with Crippen LogP contribution in [0, 0.1) is 0 Å². The third kappa shape index (κ3) is 4.59. The number of benzene rings is 2. The number of amides is 2. The predicted molar refractivity (Wildman–Crippen MR) is 94.1 cm³/mol. The van der Waals surface area contributed by atoms with Crippen molar-refractivity contribution < 1.29 is 14.7 Å². The molecule has 0 fully saturated rings. The van der Waals surface area contributed by atoms with Crippen LogP contribution < -0.4 is 5.32 Å². The highest BCUT2D eigenvalue weighted by molar-refractivity contribution is 6.04. The van der Waals surface area contributed by atoms with Crippen LogP contribution in [-0.2, 0) is 11.2 Å². The summed E-state index contributed by atoms with van der Waals surface area (Å²) in [5, 5.41) is 12.2. The Morgan fingerprint density at radius 2 is 1.71 bits per heavy atom. The molecule has 5 heteroatoms. The Labute approximate surface area is 141 Å². The van der Waals surface area contributed by atoms with Crippen molar-refractivity contribution in [1.29, 1.82) is 0 Å². The zero-order chi connectivity index (χ0) is 17.5. The summed E-state index contributed by atoms with van der Waals surface area (Å²) >= 11 is 0. The number of aromatic hydroxyl groups is 1. The van der Waals surface area contributed by atoms with E-state index in [0.29, 0.717) is 30.8 Å². The van der Waals surface area contributed by atoms with Crippen LogP contribution in [0.3, 0.4) is 0 Å². The molecule has 0 saturated carbocycles. The van der Waals surface area contributed by atoms with E-state index in [2.05, 4.69) is 5.32 Å². The minimum atomic E-state index is -0.294. The molecule has 2 aromatic rings. The number of phenols is 1. The first-order chi connectivity index (χ1) is 11.5. The number of hydrogen-bond acceptors (Lipinski definition) is 3. The number of nitrogens with zero attached hydrogens (tertiary/aromatic N) is 1. The van der Waals surface area contributed by atoms with Crippen LogP contribution in [0.4, 0.5) is 5.69 Å². The summed E-state index contributed by atoms with van der Waals surface area (Å²) in [5.74, 6) is -0.151. The number of likely N-dealkylation sites (N-methyl/N-ethyl adjacent to an activating group) is 1. The highest BCUT2D eigenvalue weighted by atomic mass is 16.3. The maximum atomic E-state index is 12.1. The van der Waals surface area contributed by atoms with E-state index in [-0.39, 0.29) is 17.6 Å². The minimum Gasteiger partial charge on any atom is -0.508 e. The molecule has 2 N–H and O–H groups in total. The molecule has 0 spiro atoms. The molecule has 0 bridgehead atoms. The molecule has 24 heavy (non-hydrogen) atoms. The molecule has 0 heterocycles. The quantitative estimate of drug-likeness (QED) is 0.857. The molecule has 0 aliphatic heterocycles. The third-order valence-corrected chi connectivity index (χ3v) is 3.79. The second-order valence-corrected chi connectivity index (χ2v) is 5.44. The Balaban J connectivity index is 1.99. The van der Waals surface area contributed by atoms with Crippen LogP contribution in [0.25, 0.3) is 0 Å². The van der Waals surface area contributed by atoms with E-state index in [0.717, 1.165) is 5.56 Å². The van der Waals surface area contributed by atoms with E-state index in [1.807, 2.05) is 26.0 Å². The fourth-order valence-electron chi connectivity index (χ4n) is 2.42. The summed E-state index contributed by atoms with van der Waals surface area (Å²) in [6.45, 7) is 5.32. The van der Waals surface area contributed by atoms with E-state index >= 15 is 0 Å². The highest BCUT2D eigenvalue weighted by Crippen LogP contribution is 2.15. The number of nitrogens with one attached hydrogen (secondary N) is 1. The van der Waals surface area contributed by atoms with Gasteiger partial charge in [0.1, 0.15) is 5.75 Å². The number of hydrogen-bond donors (Lipinski definition) is 2. The summed E-state index contributed by atoms with van der Waals surface area (Å²) in [6.07, 6.45) is 0.350. The zero-order valence-electron chi connectivity index (χ0n) is 14.0. The largest absolute Gasteiger partial charge is 0.508 e. The van der Waals surface area contributed by atoms with Gasteiger partial charge < -0.3 is 15.3 Å². The lowest BCUT2D eigenvalue weighted by Gasteiger charge is -2.18. The van der Waals surface area contributed by atoms with E-state index in [1.165, 1.54) is 12.1 Å². The summed E-state index contributed by atoms with van der Waals surface area (Å²) < 4.78 is 0. The van der Waals surface area contributed by atoms with Gasteiger partial charge in [0.2, 0.25) is 5.91 Å². The molecule has 0 aliphatic carbocycles. The normalized spacial score (nSPS) is 10.2. The smallest absolute Gasteiger partial charge is 0.255 e. The molecule has 2 amide bonds. The van der Waals surface area contributed by atoms with Gasteiger partial charge in [-0.1, -0.05) is 18.2 Å². The molecule has 0 unspecified atom stereocenters. The lowest BCUT2D eigenvalue weighted by Crippen LogP contribution is -2.31. The predicted octanol–water partition coefficient (Wildman–Crippen LogP) is 3.06. The standard InChI is InChI=1S/C19H22N2O3/c1-3-21(4-2)18(23)12-14-8-10-16(11-9-14)20-19(24)15-6-5-7-17(22)13-15/h5-11,13,22H,3-4,12H2,1-2H3,(H,20,24). The van der Waals surface area contributed by atoms with Crippen LogP contribution in [0.5, 0.6) is 5.75 Å². The minimum absolute atomic E-state index is 0.0490. The zero-order valence-corrected chi connectivity index (χ0v) is 14.0. The van der Waals surface area contributed by atoms with Gasteiger partial charge in [0.25, 0.3) is 5.91 Å². The Bertz CT molecular complexity index is 707. The van der Waals surface area contributed by atoms with Crippen LogP contribution in [-0.4, -0.2) is 34.9 Å². The fourth-order valence-corrected chi connectivity index (χ4v) is 2.42. The first-order valence-corrected chi connectivity index (χ1v) is 8.00. The Kier molecular flexibility index (Phi) is 5.95. The average Bonchev–Trinajstić information content (AvgIpc) is 2.57. The number of phenolic OH excluding ortho intramolecular Hbond substituents is 1. The van der Waals surface area contributed by atoms with E-state index < -0.39 is 0 Å². The molecule has 2 aromatic carbocycles. The summed E-state index contributed by atoms with van der Waals surface area (Å²) in [5.41, 5.74) is 1.93. The number of carbonyl (C=O) groups is 2. The van der Waals surface area contributed by atoms with Gasteiger partial charge in [0.15, 0.2) is 0 Å². The first kappa shape index (κ1) is 17.5. The van der Waals surface area contributed by atoms with Crippen LogP contribution in [0.2, 0.25) is 0 Å². The van der Waals surface area contributed by atoms with Gasteiger partial charge in [-0.15, -0.1) is 0 Å². The van der Waals surface area contributed by atoms with Gasteiger partial charge in [-0.25, -0.2) is 0 Å². The lowest BCUT2D eigenvalue weighted by molar-refractivity contribution is -0.130. The van der Waals surface area contributed by atoms with Gasteiger partial charge >= 0.3 is 0 Å². The third-order valence-electron chi connectivity index (χ3n) is 3.79. The number of rotatable bonds is 6. The SMILES string of the molecule is CCN(CC)C(=O)Cc1ccc(NC(=O)c2cccc(O)c2)cc1. The molecule has 2 rings (SSSR count). The van der Waals surface area contributed by atoms with Crippen LogP contribution in [0.1, 0.15) is 29.8 Å². The van der Waals surface area contributed by atoms with Crippen molar-refractivity contribution in [3.63, 3.8) is 0 Å². The molecule has 126 valence electrons. The summed E-state index contributed by atoms with van der Waals surface area (Å²) in [6, 6.07) is 13.4. The maximum Gasteiger partial charge on any atom is 0.255 e. The molecule has 0 aromatic heterocycles. The van der Waals surface area contributed by atoms with Gasteiger partial charge in [0, 0.05) is 24.3 Å². The van der Waals surface area contributed by atoms with Crippen molar-refractivity contribution >= 4 is 17.5 Å². The van der Waals surface area contributed by atoms with Gasteiger partial charge in [0.05, 0.1) is 6.42 Å². The topological polar surface area (TPSA) is 69.6 Å². The number of anilines is 1. The van der Waals surface area contributed by atoms with Crippen molar-refractivity contribution in [2.75, 3.05) is 18.4 Å². The summed E-state index contributed by atoms with van der Waals surface area (Å²) in [4.78, 5) is 26.0. The van der Waals surface area contributed by atoms with Crippen molar-refractivity contribution in [1.82, 2.24) is 4.90 Å². The van der Waals surface area contributed by atoms with E-state index in [9.17, 15) is 14.7 Å². The monoisotopic (exact) mass is 326 g/mol. The molecule has 5 nitrogen and oxygen atoms in total. The Hall–Kier alpha value is -2.82. The van der Waals surface area contributed by atoms with E-state index in [4.69, 9.17) is 0 Å². The average molecular weight is 326 g/mol. The Morgan fingerprint density at radius 3 is 2.29 bits per heavy atom. The van der Waals surface area contributed by atoms with Gasteiger partial charge in [-0.2, -0.15) is 0 Å².